The molecule has 0 aromatic carbocycles. The molecule has 1 aromatic heterocycles. The lowest BCUT2D eigenvalue weighted by Crippen LogP contribution is -2.45. The highest BCUT2D eigenvalue weighted by molar-refractivity contribution is 7.09. The third-order valence-corrected chi connectivity index (χ3v) is 4.75. The Morgan fingerprint density at radius 1 is 1.50 bits per heavy atom. The quantitative estimate of drug-likeness (QED) is 0.847. The number of nitrogens with one attached hydrogen (secondary N) is 1. The summed E-state index contributed by atoms with van der Waals surface area (Å²) < 4.78 is 0. The van der Waals surface area contributed by atoms with E-state index in [1.165, 1.54) is 0 Å². The number of aromatic nitrogens is 1. The van der Waals surface area contributed by atoms with Crippen LogP contribution in [0.2, 0.25) is 0 Å². The van der Waals surface area contributed by atoms with Crippen LogP contribution in [-0.2, 0) is 16.6 Å². The Kier molecular flexibility index (Phi) is 6.14. The molecular weight excluding hydrogens is 270 g/mol. The first-order chi connectivity index (χ1) is 9.25. The van der Waals surface area contributed by atoms with E-state index in [1.54, 1.807) is 11.3 Å². The van der Waals surface area contributed by atoms with E-state index >= 15 is 0 Å². The van der Waals surface area contributed by atoms with Crippen molar-refractivity contribution < 1.29 is 4.79 Å². The van der Waals surface area contributed by atoms with Gasteiger partial charge in [0.25, 0.3) is 0 Å². The van der Waals surface area contributed by atoms with Crippen molar-refractivity contribution in [3.63, 3.8) is 0 Å². The molecule has 2 atom stereocenters. The van der Waals surface area contributed by atoms with Crippen LogP contribution in [0, 0.1) is 5.92 Å². The number of amides is 1. The lowest BCUT2D eigenvalue weighted by Gasteiger charge is -2.17. The Morgan fingerprint density at radius 2 is 2.15 bits per heavy atom. The summed E-state index contributed by atoms with van der Waals surface area (Å²) in [6.07, 6.45) is 1.67. The maximum absolute atomic E-state index is 11.8. The molecule has 114 valence electrons. The maximum Gasteiger partial charge on any atom is 0.237 e. The Labute approximate surface area is 126 Å². The van der Waals surface area contributed by atoms with Gasteiger partial charge in [-0.3, -0.25) is 4.79 Å². The molecule has 0 saturated heterocycles. The van der Waals surface area contributed by atoms with Crippen molar-refractivity contribution in [3.8, 4) is 0 Å². The van der Waals surface area contributed by atoms with Gasteiger partial charge in [-0.1, -0.05) is 41.0 Å². The smallest absolute Gasteiger partial charge is 0.237 e. The monoisotopic (exact) mass is 297 g/mol. The van der Waals surface area contributed by atoms with Gasteiger partial charge in [0.2, 0.25) is 5.91 Å². The molecular formula is C15H27N3OS. The summed E-state index contributed by atoms with van der Waals surface area (Å²) in [5.41, 5.74) is 7.01. The maximum atomic E-state index is 11.8. The molecule has 0 fully saturated rings. The molecule has 0 bridgehead atoms. The average Bonchev–Trinajstić information content (AvgIpc) is 2.85. The number of thiazole rings is 1. The summed E-state index contributed by atoms with van der Waals surface area (Å²) in [5, 5.41) is 6.10. The van der Waals surface area contributed by atoms with Gasteiger partial charge in [-0.05, 0) is 5.92 Å². The zero-order chi connectivity index (χ0) is 15.3. The predicted octanol–water partition coefficient (Wildman–Crippen LogP) is 2.47. The predicted molar refractivity (Wildman–Crippen MR) is 85.0 cm³/mol. The second kappa shape index (κ2) is 7.18. The van der Waals surface area contributed by atoms with Crippen molar-refractivity contribution in [3.05, 3.63) is 16.1 Å². The molecule has 1 amide bonds. The molecule has 1 heterocycles. The highest BCUT2D eigenvalue weighted by Gasteiger charge is 2.20. The van der Waals surface area contributed by atoms with E-state index in [4.69, 9.17) is 5.73 Å². The van der Waals surface area contributed by atoms with Crippen LogP contribution in [-0.4, -0.2) is 23.5 Å². The van der Waals surface area contributed by atoms with Gasteiger partial charge in [0.15, 0.2) is 0 Å². The standard InChI is InChI=1S/C15H27N3OS/c1-6-10(2)12(16)13(19)17-8-7-11-9-20-14(18-11)15(3,4)5/h9-10,12H,6-8,16H2,1-5H3,(H,17,19). The molecule has 0 saturated carbocycles. The van der Waals surface area contributed by atoms with E-state index in [0.29, 0.717) is 6.54 Å². The molecule has 5 heteroatoms. The van der Waals surface area contributed by atoms with Crippen LogP contribution in [0.1, 0.15) is 51.7 Å². The highest BCUT2D eigenvalue weighted by atomic mass is 32.1. The van der Waals surface area contributed by atoms with Crippen molar-refractivity contribution in [2.24, 2.45) is 11.7 Å². The van der Waals surface area contributed by atoms with Crippen molar-refractivity contribution in [1.29, 1.82) is 0 Å². The number of nitrogens with two attached hydrogens (primary N) is 1. The van der Waals surface area contributed by atoms with Crippen LogP contribution in [0.3, 0.4) is 0 Å². The van der Waals surface area contributed by atoms with Crippen LogP contribution >= 0.6 is 11.3 Å². The number of carbonyl (C=O) groups is 1. The first-order valence-corrected chi connectivity index (χ1v) is 8.11. The summed E-state index contributed by atoms with van der Waals surface area (Å²) >= 11 is 1.68. The molecule has 2 unspecified atom stereocenters. The van der Waals surface area contributed by atoms with Gasteiger partial charge in [0.05, 0.1) is 16.7 Å². The third kappa shape index (κ3) is 4.87. The van der Waals surface area contributed by atoms with E-state index < -0.39 is 6.04 Å². The summed E-state index contributed by atoms with van der Waals surface area (Å²) in [6, 6.07) is -0.416. The van der Waals surface area contributed by atoms with Crippen molar-refractivity contribution >= 4 is 17.2 Å². The minimum Gasteiger partial charge on any atom is -0.354 e. The molecule has 3 N–H and O–H groups in total. The van der Waals surface area contributed by atoms with Crippen molar-refractivity contribution in [2.45, 2.75) is 58.9 Å². The van der Waals surface area contributed by atoms with Crippen molar-refractivity contribution in [1.82, 2.24) is 10.3 Å². The van der Waals surface area contributed by atoms with Gasteiger partial charge < -0.3 is 11.1 Å². The molecule has 0 radical (unpaired) electrons. The fourth-order valence-electron chi connectivity index (χ4n) is 1.71. The minimum absolute atomic E-state index is 0.0642. The second-order valence-corrected chi connectivity index (χ2v) is 7.20. The van der Waals surface area contributed by atoms with E-state index in [2.05, 4.69) is 36.5 Å². The van der Waals surface area contributed by atoms with Gasteiger partial charge in [-0.2, -0.15) is 0 Å². The zero-order valence-electron chi connectivity index (χ0n) is 13.2. The van der Waals surface area contributed by atoms with Crippen LogP contribution in [0.4, 0.5) is 0 Å². The second-order valence-electron chi connectivity index (χ2n) is 6.35. The Morgan fingerprint density at radius 3 is 2.65 bits per heavy atom. The van der Waals surface area contributed by atoms with Crippen LogP contribution < -0.4 is 11.1 Å². The lowest BCUT2D eigenvalue weighted by molar-refractivity contribution is -0.123. The van der Waals surface area contributed by atoms with Gasteiger partial charge in [-0.15, -0.1) is 11.3 Å². The van der Waals surface area contributed by atoms with Gasteiger partial charge in [0.1, 0.15) is 0 Å². The summed E-state index contributed by atoms with van der Waals surface area (Å²) in [4.78, 5) is 16.5. The minimum atomic E-state index is -0.416. The Bertz CT molecular complexity index is 437. The van der Waals surface area contributed by atoms with Gasteiger partial charge in [0, 0.05) is 23.8 Å². The highest BCUT2D eigenvalue weighted by Crippen LogP contribution is 2.25. The first-order valence-electron chi connectivity index (χ1n) is 7.23. The fourth-order valence-corrected chi connectivity index (χ4v) is 2.65. The number of carbonyl (C=O) groups excluding carboxylic acids is 1. The topological polar surface area (TPSA) is 68.0 Å². The molecule has 4 nitrogen and oxygen atoms in total. The molecule has 0 spiro atoms. The van der Waals surface area contributed by atoms with Gasteiger partial charge in [-0.25, -0.2) is 4.98 Å². The number of hydrogen-bond acceptors (Lipinski definition) is 4. The Hall–Kier alpha value is -0.940. The fraction of sp³-hybridized carbons (Fsp3) is 0.733. The molecule has 0 aliphatic carbocycles. The third-order valence-electron chi connectivity index (χ3n) is 3.43. The number of nitrogens with zero attached hydrogens (tertiary/aromatic N) is 1. The van der Waals surface area contributed by atoms with E-state index in [1.807, 2.05) is 13.8 Å². The largest absolute Gasteiger partial charge is 0.354 e. The normalized spacial score (nSPS) is 14.9. The number of hydrogen-bond donors (Lipinski definition) is 2. The summed E-state index contributed by atoms with van der Waals surface area (Å²) in [5.74, 6) is 0.146. The first kappa shape index (κ1) is 17.1. The lowest BCUT2D eigenvalue weighted by atomic mass is 9.98. The van der Waals surface area contributed by atoms with E-state index in [-0.39, 0.29) is 17.2 Å². The molecule has 0 aliphatic rings. The molecule has 1 rings (SSSR count). The SMILES string of the molecule is CCC(C)C(N)C(=O)NCCc1csc(C(C)(C)C)n1. The Balaban J connectivity index is 2.41. The van der Waals surface area contributed by atoms with Crippen LogP contribution in [0.5, 0.6) is 0 Å². The van der Waals surface area contributed by atoms with Crippen molar-refractivity contribution in [2.75, 3.05) is 6.54 Å². The van der Waals surface area contributed by atoms with E-state index in [9.17, 15) is 4.79 Å². The van der Waals surface area contributed by atoms with Crippen LogP contribution in [0.25, 0.3) is 0 Å². The molecule has 1 aromatic rings. The summed E-state index contributed by atoms with van der Waals surface area (Å²) in [6.45, 7) is 11.1. The zero-order valence-corrected chi connectivity index (χ0v) is 14.0. The van der Waals surface area contributed by atoms with E-state index in [0.717, 1.165) is 23.5 Å². The summed E-state index contributed by atoms with van der Waals surface area (Å²) in [7, 11) is 0. The average molecular weight is 297 g/mol. The van der Waals surface area contributed by atoms with Crippen LogP contribution in [0.15, 0.2) is 5.38 Å². The molecule has 20 heavy (non-hydrogen) atoms. The number of rotatable bonds is 6. The molecule has 0 aliphatic heterocycles. The van der Waals surface area contributed by atoms with Gasteiger partial charge >= 0.3 is 0 Å².